The van der Waals surface area contributed by atoms with Crippen LogP contribution in [0.15, 0.2) is 24.3 Å². The lowest BCUT2D eigenvalue weighted by Gasteiger charge is -2.08. The molecular weight excluding hydrogens is 230 g/mol. The number of nitrogens with one attached hydrogen (secondary N) is 2. The Balaban J connectivity index is 2.28. The molecule has 18 heavy (non-hydrogen) atoms. The summed E-state index contributed by atoms with van der Waals surface area (Å²) in [6.07, 6.45) is 0. The summed E-state index contributed by atoms with van der Waals surface area (Å²) in [5, 5.41) is 5.97. The molecule has 0 saturated heterocycles. The van der Waals surface area contributed by atoms with Crippen molar-refractivity contribution in [2.24, 2.45) is 0 Å². The maximum absolute atomic E-state index is 5.02. The van der Waals surface area contributed by atoms with Gasteiger partial charge in [0.2, 0.25) is 11.9 Å². The van der Waals surface area contributed by atoms with Crippen LogP contribution in [0.4, 0.5) is 17.6 Å². The molecule has 0 bridgehead atoms. The van der Waals surface area contributed by atoms with Crippen LogP contribution >= 0.6 is 0 Å². The minimum Gasteiger partial charge on any atom is -0.467 e. The van der Waals surface area contributed by atoms with E-state index in [4.69, 9.17) is 4.74 Å². The topological polar surface area (TPSA) is 72.0 Å². The lowest BCUT2D eigenvalue weighted by molar-refractivity contribution is 0.379. The minimum atomic E-state index is 0.268. The van der Waals surface area contributed by atoms with E-state index in [1.165, 1.54) is 7.11 Å². The first-order chi connectivity index (χ1) is 8.71. The molecule has 1 heterocycles. The fourth-order valence-corrected chi connectivity index (χ4v) is 1.47. The summed E-state index contributed by atoms with van der Waals surface area (Å²) in [4.78, 5) is 12.4. The van der Waals surface area contributed by atoms with Crippen LogP contribution in [0.25, 0.3) is 0 Å². The Hall–Kier alpha value is -2.37. The van der Waals surface area contributed by atoms with Crippen molar-refractivity contribution in [3.8, 4) is 6.01 Å². The molecule has 2 rings (SSSR count). The summed E-state index contributed by atoms with van der Waals surface area (Å²) in [5.41, 5.74) is 2.08. The quantitative estimate of drug-likeness (QED) is 0.858. The summed E-state index contributed by atoms with van der Waals surface area (Å²) in [5.74, 6) is 0.897. The van der Waals surface area contributed by atoms with Gasteiger partial charge in [-0.15, -0.1) is 0 Å². The second-order valence-corrected chi connectivity index (χ2v) is 3.71. The Morgan fingerprint density at radius 2 is 1.89 bits per heavy atom. The average molecular weight is 245 g/mol. The first-order valence-corrected chi connectivity index (χ1v) is 5.53. The summed E-state index contributed by atoms with van der Waals surface area (Å²) >= 11 is 0. The Kier molecular flexibility index (Phi) is 3.57. The molecule has 1 aromatic heterocycles. The number of ether oxygens (including phenoxy) is 1. The third-order valence-corrected chi connectivity index (χ3v) is 2.30. The van der Waals surface area contributed by atoms with E-state index < -0.39 is 0 Å². The number of rotatable bonds is 4. The normalized spacial score (nSPS) is 9.94. The van der Waals surface area contributed by atoms with Gasteiger partial charge < -0.3 is 15.4 Å². The van der Waals surface area contributed by atoms with Crippen molar-refractivity contribution in [3.63, 3.8) is 0 Å². The van der Waals surface area contributed by atoms with Crippen molar-refractivity contribution in [1.82, 2.24) is 15.0 Å². The predicted molar refractivity (Wildman–Crippen MR) is 70.4 cm³/mol. The highest BCUT2D eigenvalue weighted by molar-refractivity contribution is 5.55. The molecule has 0 unspecified atom stereocenters. The lowest BCUT2D eigenvalue weighted by Crippen LogP contribution is -2.05. The van der Waals surface area contributed by atoms with Gasteiger partial charge in [0.05, 0.1) is 7.11 Å². The van der Waals surface area contributed by atoms with E-state index in [0.29, 0.717) is 11.9 Å². The molecule has 6 heteroatoms. The van der Waals surface area contributed by atoms with Gasteiger partial charge in [0, 0.05) is 12.7 Å². The van der Waals surface area contributed by atoms with Crippen molar-refractivity contribution in [2.75, 3.05) is 24.8 Å². The van der Waals surface area contributed by atoms with Crippen molar-refractivity contribution < 1.29 is 4.74 Å². The van der Waals surface area contributed by atoms with E-state index in [0.717, 1.165) is 11.3 Å². The Bertz CT molecular complexity index is 521. The number of aryl methyl sites for hydroxylation is 1. The largest absolute Gasteiger partial charge is 0.467 e. The molecule has 94 valence electrons. The monoisotopic (exact) mass is 245 g/mol. The number of hydrogen-bond acceptors (Lipinski definition) is 6. The first kappa shape index (κ1) is 12.1. The van der Waals surface area contributed by atoms with Crippen LogP contribution in [0.1, 0.15) is 5.56 Å². The van der Waals surface area contributed by atoms with Gasteiger partial charge in [0.25, 0.3) is 0 Å². The number of hydrogen-bond donors (Lipinski definition) is 2. The van der Waals surface area contributed by atoms with E-state index in [9.17, 15) is 0 Å². The van der Waals surface area contributed by atoms with Gasteiger partial charge in [-0.25, -0.2) is 0 Å². The Labute approximate surface area is 105 Å². The summed E-state index contributed by atoms with van der Waals surface area (Å²) in [6.45, 7) is 2.03. The maximum Gasteiger partial charge on any atom is 0.322 e. The molecule has 0 spiro atoms. The zero-order valence-corrected chi connectivity index (χ0v) is 10.6. The molecule has 0 aliphatic rings. The molecule has 0 atom stereocenters. The second-order valence-electron chi connectivity index (χ2n) is 3.71. The van der Waals surface area contributed by atoms with Gasteiger partial charge in [0.15, 0.2) is 0 Å². The van der Waals surface area contributed by atoms with Crippen LogP contribution in [0.3, 0.4) is 0 Å². The molecule has 0 amide bonds. The third kappa shape index (κ3) is 2.85. The highest BCUT2D eigenvalue weighted by Gasteiger charge is 2.05. The van der Waals surface area contributed by atoms with Gasteiger partial charge in [-0.05, 0) is 24.6 Å². The smallest absolute Gasteiger partial charge is 0.322 e. The van der Waals surface area contributed by atoms with Crippen LogP contribution in [0.5, 0.6) is 6.01 Å². The highest BCUT2D eigenvalue weighted by Crippen LogP contribution is 2.17. The molecule has 0 radical (unpaired) electrons. The molecule has 6 nitrogen and oxygen atoms in total. The van der Waals surface area contributed by atoms with Crippen LogP contribution < -0.4 is 15.4 Å². The zero-order valence-electron chi connectivity index (χ0n) is 10.6. The summed E-state index contributed by atoms with van der Waals surface area (Å²) < 4.78 is 5.02. The molecule has 0 aliphatic carbocycles. The van der Waals surface area contributed by atoms with Gasteiger partial charge in [-0.3, -0.25) is 0 Å². The van der Waals surface area contributed by atoms with Gasteiger partial charge >= 0.3 is 6.01 Å². The Morgan fingerprint density at radius 3 is 2.56 bits per heavy atom. The lowest BCUT2D eigenvalue weighted by atomic mass is 10.2. The average Bonchev–Trinajstić information content (AvgIpc) is 2.38. The van der Waals surface area contributed by atoms with E-state index in [1.807, 2.05) is 31.2 Å². The van der Waals surface area contributed by atoms with Crippen molar-refractivity contribution >= 4 is 17.6 Å². The van der Waals surface area contributed by atoms with Crippen molar-refractivity contribution in [1.29, 1.82) is 0 Å². The van der Waals surface area contributed by atoms with Crippen LogP contribution in [0, 0.1) is 6.92 Å². The first-order valence-electron chi connectivity index (χ1n) is 5.53. The van der Waals surface area contributed by atoms with E-state index in [1.54, 1.807) is 7.05 Å². The molecule has 2 aromatic rings. The number of benzene rings is 1. The second kappa shape index (κ2) is 5.31. The van der Waals surface area contributed by atoms with Crippen LogP contribution in [-0.2, 0) is 0 Å². The van der Waals surface area contributed by atoms with E-state index in [-0.39, 0.29) is 6.01 Å². The van der Waals surface area contributed by atoms with Crippen LogP contribution in [0.2, 0.25) is 0 Å². The minimum absolute atomic E-state index is 0.268. The molecule has 1 aromatic carbocycles. The Morgan fingerprint density at radius 1 is 1.11 bits per heavy atom. The fraction of sp³-hybridized carbons (Fsp3) is 0.250. The number of aromatic nitrogens is 3. The van der Waals surface area contributed by atoms with E-state index >= 15 is 0 Å². The maximum atomic E-state index is 5.02. The third-order valence-electron chi connectivity index (χ3n) is 2.30. The molecular formula is C12H15N5O. The number of anilines is 3. The predicted octanol–water partition coefficient (Wildman–Crippen LogP) is 1.97. The van der Waals surface area contributed by atoms with Crippen LogP contribution in [-0.4, -0.2) is 29.1 Å². The van der Waals surface area contributed by atoms with Crippen molar-refractivity contribution in [3.05, 3.63) is 29.8 Å². The zero-order chi connectivity index (χ0) is 13.0. The molecule has 0 saturated carbocycles. The molecule has 0 fully saturated rings. The summed E-state index contributed by atoms with van der Waals surface area (Å²) in [7, 11) is 3.26. The fourth-order valence-electron chi connectivity index (χ4n) is 1.47. The molecule has 0 aliphatic heterocycles. The highest BCUT2D eigenvalue weighted by atomic mass is 16.5. The van der Waals surface area contributed by atoms with Gasteiger partial charge in [-0.1, -0.05) is 12.1 Å². The summed E-state index contributed by atoms with van der Waals surface area (Å²) in [6, 6.07) is 8.22. The van der Waals surface area contributed by atoms with E-state index in [2.05, 4.69) is 25.6 Å². The van der Waals surface area contributed by atoms with Gasteiger partial charge in [0.1, 0.15) is 0 Å². The number of methoxy groups -OCH3 is 1. The van der Waals surface area contributed by atoms with Gasteiger partial charge in [-0.2, -0.15) is 15.0 Å². The SMILES string of the molecule is CNc1nc(Nc2cccc(C)c2)nc(OC)n1. The standard InChI is InChI=1S/C12H15N5O/c1-8-5-4-6-9(7-8)14-11-15-10(13-2)16-12(17-11)18-3/h4-7H,1-3H3,(H2,13,14,15,16,17). The molecule has 2 N–H and O–H groups in total. The number of nitrogens with zero attached hydrogens (tertiary/aromatic N) is 3. The van der Waals surface area contributed by atoms with Crippen molar-refractivity contribution in [2.45, 2.75) is 6.92 Å².